The van der Waals surface area contributed by atoms with Crippen LogP contribution in [0.1, 0.15) is 43.5 Å². The Morgan fingerprint density at radius 1 is 1.47 bits per heavy atom. The molecule has 1 heterocycles. The summed E-state index contributed by atoms with van der Waals surface area (Å²) in [5.74, 6) is 0.131. The van der Waals surface area contributed by atoms with Crippen molar-refractivity contribution in [2.24, 2.45) is 5.92 Å². The van der Waals surface area contributed by atoms with E-state index >= 15 is 0 Å². The molecule has 104 valence electrons. The van der Waals surface area contributed by atoms with E-state index in [-0.39, 0.29) is 11.7 Å². The van der Waals surface area contributed by atoms with Gasteiger partial charge in [0.2, 0.25) is 0 Å². The number of likely N-dealkylation sites (tertiary alicyclic amines) is 1. The molecule has 19 heavy (non-hydrogen) atoms. The van der Waals surface area contributed by atoms with Gasteiger partial charge in [-0.2, -0.15) is 0 Å². The fourth-order valence-corrected chi connectivity index (χ4v) is 2.94. The maximum atomic E-state index is 12.5. The van der Waals surface area contributed by atoms with Crippen molar-refractivity contribution in [2.45, 2.75) is 33.1 Å². The number of carbonyl (C=O) groups excluding carboxylic acids is 1. The number of ketones is 1. The smallest absolute Gasteiger partial charge is 0.166 e. The van der Waals surface area contributed by atoms with Gasteiger partial charge in [0.15, 0.2) is 5.78 Å². The van der Waals surface area contributed by atoms with Crippen LogP contribution in [0.3, 0.4) is 0 Å². The Balaban J connectivity index is 2.06. The molecule has 1 atom stereocenters. The Hall–Kier alpha value is -0.670. The van der Waals surface area contributed by atoms with Gasteiger partial charge >= 0.3 is 0 Å². The standard InChI is InChI=1S/C16H22BrNO/c1-12-6-7-14(10-15(12)17)16(19)13(2)11-18-8-4-3-5-9-18/h6-7,10,13H,3-5,8-9,11H2,1-2H3/i6T. The molecular formula is C16H22BrNO. The molecule has 0 saturated carbocycles. The molecule has 2 nitrogen and oxygen atoms in total. The molecule has 3 heteroatoms. The van der Waals surface area contributed by atoms with Crippen molar-refractivity contribution >= 4 is 21.7 Å². The van der Waals surface area contributed by atoms with Crippen molar-refractivity contribution in [3.8, 4) is 0 Å². The van der Waals surface area contributed by atoms with E-state index in [1.807, 2.05) is 19.9 Å². The van der Waals surface area contributed by atoms with Gasteiger partial charge in [0.05, 0.1) is 1.37 Å². The van der Waals surface area contributed by atoms with Crippen molar-refractivity contribution in [3.05, 3.63) is 33.8 Å². The van der Waals surface area contributed by atoms with E-state index in [4.69, 9.17) is 1.37 Å². The van der Waals surface area contributed by atoms with Crippen LogP contribution in [0.5, 0.6) is 0 Å². The summed E-state index contributed by atoms with van der Waals surface area (Å²) in [5.41, 5.74) is 1.53. The quantitative estimate of drug-likeness (QED) is 0.778. The summed E-state index contributed by atoms with van der Waals surface area (Å²) in [4.78, 5) is 14.9. The first kappa shape index (κ1) is 13.3. The molecule has 0 N–H and O–H groups in total. The number of carbonyl (C=O) groups is 1. The Kier molecular flexibility index (Phi) is 4.67. The molecule has 0 spiro atoms. The molecule has 0 amide bonds. The molecule has 1 aliphatic rings. The van der Waals surface area contributed by atoms with Gasteiger partial charge in [0.1, 0.15) is 0 Å². The number of rotatable bonds is 4. The Labute approximate surface area is 125 Å². The van der Waals surface area contributed by atoms with Crippen LogP contribution in [0.15, 0.2) is 22.6 Å². The highest BCUT2D eigenvalue weighted by Gasteiger charge is 2.20. The summed E-state index contributed by atoms with van der Waals surface area (Å²) in [6.07, 6.45) is 3.80. The molecular weight excluding hydrogens is 302 g/mol. The number of Topliss-reactive ketones (excluding diaryl/α,β-unsaturated/α-hetero) is 1. The molecule has 0 aromatic heterocycles. The summed E-state index contributed by atoms with van der Waals surface area (Å²) < 4.78 is 8.74. The Morgan fingerprint density at radius 2 is 2.16 bits per heavy atom. The highest BCUT2D eigenvalue weighted by molar-refractivity contribution is 9.10. The molecule has 0 bridgehead atoms. The Morgan fingerprint density at radius 3 is 2.79 bits per heavy atom. The van der Waals surface area contributed by atoms with Crippen molar-refractivity contribution in [3.63, 3.8) is 0 Å². The van der Waals surface area contributed by atoms with E-state index in [1.165, 1.54) is 19.3 Å². The molecule has 1 aliphatic heterocycles. The van der Waals surface area contributed by atoms with E-state index in [9.17, 15) is 4.79 Å². The Bertz CT molecular complexity index is 474. The largest absolute Gasteiger partial charge is 0.303 e. The molecule has 1 unspecified atom stereocenters. The maximum absolute atomic E-state index is 12.5. The third-order valence-corrected chi connectivity index (χ3v) is 4.62. The number of benzene rings is 1. The summed E-state index contributed by atoms with van der Waals surface area (Å²) in [6, 6.07) is 3.96. The van der Waals surface area contributed by atoms with Gasteiger partial charge in [-0.25, -0.2) is 0 Å². The van der Waals surface area contributed by atoms with Crippen LogP contribution in [-0.4, -0.2) is 30.3 Å². The lowest BCUT2D eigenvalue weighted by atomic mass is 9.97. The van der Waals surface area contributed by atoms with Crippen molar-refractivity contribution in [2.75, 3.05) is 19.6 Å². The summed E-state index contributed by atoms with van der Waals surface area (Å²) in [7, 11) is 0. The average molecular weight is 326 g/mol. The second-order valence-electron chi connectivity index (χ2n) is 5.49. The van der Waals surface area contributed by atoms with E-state index in [2.05, 4.69) is 20.8 Å². The number of piperidine rings is 1. The monoisotopic (exact) mass is 325 g/mol. The van der Waals surface area contributed by atoms with Crippen LogP contribution < -0.4 is 0 Å². The molecule has 2 rings (SSSR count). The average Bonchev–Trinajstić information content (AvgIpc) is 2.44. The maximum Gasteiger partial charge on any atom is 0.166 e. The van der Waals surface area contributed by atoms with E-state index in [1.54, 1.807) is 6.07 Å². The van der Waals surface area contributed by atoms with E-state index in [0.29, 0.717) is 11.6 Å². The molecule has 1 aromatic rings. The number of hydrogen-bond acceptors (Lipinski definition) is 2. The minimum Gasteiger partial charge on any atom is -0.303 e. The highest BCUT2D eigenvalue weighted by atomic mass is 79.9. The summed E-state index contributed by atoms with van der Waals surface area (Å²) >= 11 is 3.43. The molecule has 1 fully saturated rings. The first-order valence-corrected chi connectivity index (χ1v) is 7.81. The zero-order valence-corrected chi connectivity index (χ0v) is 13.3. The topological polar surface area (TPSA) is 20.3 Å². The number of nitrogens with zero attached hydrogens (tertiary/aromatic N) is 1. The lowest BCUT2D eigenvalue weighted by molar-refractivity contribution is 0.0883. The second-order valence-corrected chi connectivity index (χ2v) is 6.34. The number of hydrogen-bond donors (Lipinski definition) is 0. The van der Waals surface area contributed by atoms with Crippen LogP contribution in [-0.2, 0) is 0 Å². The minimum absolute atomic E-state index is 0.0119. The summed E-state index contributed by atoms with van der Waals surface area (Å²) in [6.45, 7) is 6.93. The van der Waals surface area contributed by atoms with Crippen LogP contribution >= 0.6 is 15.9 Å². The van der Waals surface area contributed by atoms with Crippen LogP contribution in [0.25, 0.3) is 0 Å². The zero-order chi connectivity index (χ0) is 14.7. The lowest BCUT2D eigenvalue weighted by Crippen LogP contribution is -2.35. The van der Waals surface area contributed by atoms with Crippen LogP contribution in [0, 0.1) is 12.8 Å². The van der Waals surface area contributed by atoms with Gasteiger partial charge in [0.25, 0.3) is 0 Å². The van der Waals surface area contributed by atoms with E-state index < -0.39 is 0 Å². The van der Waals surface area contributed by atoms with Crippen molar-refractivity contribution in [1.29, 1.82) is 0 Å². The SMILES string of the molecule is [3H]c1cc(C(=O)C(C)CN2CCCCC2)cc(Br)c1C. The van der Waals surface area contributed by atoms with Crippen molar-refractivity contribution in [1.82, 2.24) is 4.90 Å². The fourth-order valence-electron chi connectivity index (χ4n) is 2.58. The first-order valence-electron chi connectivity index (χ1n) is 7.52. The minimum atomic E-state index is -0.0119. The predicted octanol–water partition coefficient (Wildman–Crippen LogP) is 4.06. The normalized spacial score (nSPS) is 19.0. The molecule has 1 saturated heterocycles. The second kappa shape index (κ2) is 6.67. The predicted molar refractivity (Wildman–Crippen MR) is 82.7 cm³/mol. The molecule has 1 aromatic carbocycles. The molecule has 0 aliphatic carbocycles. The van der Waals surface area contributed by atoms with Gasteiger partial charge in [-0.15, -0.1) is 0 Å². The van der Waals surface area contributed by atoms with Gasteiger partial charge in [-0.05, 0) is 44.5 Å². The van der Waals surface area contributed by atoms with Gasteiger partial charge < -0.3 is 4.90 Å². The van der Waals surface area contributed by atoms with E-state index in [0.717, 1.165) is 29.7 Å². The fraction of sp³-hybridized carbons (Fsp3) is 0.562. The third-order valence-electron chi connectivity index (χ3n) is 3.80. The first-order chi connectivity index (χ1) is 9.49. The van der Waals surface area contributed by atoms with Crippen LogP contribution in [0.4, 0.5) is 0 Å². The molecule has 0 radical (unpaired) electrons. The van der Waals surface area contributed by atoms with Crippen LogP contribution in [0.2, 0.25) is 0 Å². The van der Waals surface area contributed by atoms with Gasteiger partial charge in [0, 0.05) is 22.5 Å². The zero-order valence-electron chi connectivity index (χ0n) is 12.7. The highest BCUT2D eigenvalue weighted by Crippen LogP contribution is 2.20. The third kappa shape index (κ3) is 3.90. The van der Waals surface area contributed by atoms with Gasteiger partial charge in [-0.1, -0.05) is 41.4 Å². The van der Waals surface area contributed by atoms with Gasteiger partial charge in [-0.3, -0.25) is 4.79 Å². The van der Waals surface area contributed by atoms with Crippen molar-refractivity contribution < 1.29 is 6.17 Å². The lowest BCUT2D eigenvalue weighted by Gasteiger charge is -2.28. The number of halogens is 1. The summed E-state index contributed by atoms with van der Waals surface area (Å²) in [5, 5.41) is 0.